The van der Waals surface area contributed by atoms with Gasteiger partial charge >= 0.3 is 0 Å². The summed E-state index contributed by atoms with van der Waals surface area (Å²) in [6, 6.07) is 25.5. The molecule has 4 aromatic rings. The SMILES string of the molecule is CN(C(=O)Cc1cnn(-c2ccccc2)c1)C(c1ccccc1)c1ccc(F)cc1. The zero-order valence-corrected chi connectivity index (χ0v) is 16.6. The van der Waals surface area contributed by atoms with E-state index < -0.39 is 0 Å². The third-order valence-electron chi connectivity index (χ3n) is 5.09. The minimum Gasteiger partial charge on any atom is -0.334 e. The van der Waals surface area contributed by atoms with E-state index in [2.05, 4.69) is 5.10 Å². The highest BCUT2D eigenvalue weighted by Gasteiger charge is 2.24. The van der Waals surface area contributed by atoms with Gasteiger partial charge in [0, 0.05) is 13.2 Å². The Labute approximate surface area is 175 Å². The van der Waals surface area contributed by atoms with Gasteiger partial charge in [0.25, 0.3) is 0 Å². The van der Waals surface area contributed by atoms with Crippen molar-refractivity contribution in [2.24, 2.45) is 0 Å². The summed E-state index contributed by atoms with van der Waals surface area (Å²) in [4.78, 5) is 14.8. The fourth-order valence-corrected chi connectivity index (χ4v) is 3.54. The monoisotopic (exact) mass is 399 g/mol. The number of aromatic nitrogens is 2. The number of benzene rings is 3. The van der Waals surface area contributed by atoms with Gasteiger partial charge in [0.2, 0.25) is 5.91 Å². The summed E-state index contributed by atoms with van der Waals surface area (Å²) >= 11 is 0. The summed E-state index contributed by atoms with van der Waals surface area (Å²) in [6.45, 7) is 0. The van der Waals surface area contributed by atoms with Crippen LogP contribution >= 0.6 is 0 Å². The molecule has 0 spiro atoms. The van der Waals surface area contributed by atoms with Crippen LogP contribution in [0.15, 0.2) is 97.3 Å². The van der Waals surface area contributed by atoms with Crippen molar-refractivity contribution in [3.63, 3.8) is 0 Å². The average Bonchev–Trinajstić information content (AvgIpc) is 3.25. The zero-order chi connectivity index (χ0) is 20.9. The molecule has 0 saturated carbocycles. The van der Waals surface area contributed by atoms with Gasteiger partial charge in [-0.2, -0.15) is 5.10 Å². The van der Waals surface area contributed by atoms with Gasteiger partial charge in [-0.3, -0.25) is 4.79 Å². The number of nitrogens with zero attached hydrogens (tertiary/aromatic N) is 3. The minimum absolute atomic E-state index is 0.0409. The lowest BCUT2D eigenvalue weighted by Gasteiger charge is -2.29. The normalized spacial score (nSPS) is 11.8. The van der Waals surface area contributed by atoms with Crippen molar-refractivity contribution in [1.82, 2.24) is 14.7 Å². The number of hydrogen-bond donors (Lipinski definition) is 0. The Balaban J connectivity index is 1.57. The van der Waals surface area contributed by atoms with Crippen LogP contribution in [-0.2, 0) is 11.2 Å². The van der Waals surface area contributed by atoms with Crippen LogP contribution in [0.3, 0.4) is 0 Å². The lowest BCUT2D eigenvalue weighted by atomic mass is 9.97. The first kappa shape index (κ1) is 19.6. The fourth-order valence-electron chi connectivity index (χ4n) is 3.54. The van der Waals surface area contributed by atoms with E-state index in [9.17, 15) is 9.18 Å². The molecule has 1 heterocycles. The molecule has 1 aromatic heterocycles. The molecule has 1 atom stereocenters. The Morgan fingerprint density at radius 2 is 1.53 bits per heavy atom. The highest BCUT2D eigenvalue weighted by atomic mass is 19.1. The molecule has 0 aliphatic heterocycles. The molecule has 5 heteroatoms. The fraction of sp³-hybridized carbons (Fsp3) is 0.120. The van der Waals surface area contributed by atoms with E-state index in [1.807, 2.05) is 66.9 Å². The summed E-state index contributed by atoms with van der Waals surface area (Å²) in [5, 5.41) is 4.37. The molecule has 4 rings (SSSR count). The van der Waals surface area contributed by atoms with Gasteiger partial charge in [0.05, 0.1) is 24.3 Å². The number of hydrogen-bond acceptors (Lipinski definition) is 2. The van der Waals surface area contributed by atoms with Crippen LogP contribution in [0.2, 0.25) is 0 Å². The molecular weight excluding hydrogens is 377 g/mol. The Bertz CT molecular complexity index is 1110. The first-order valence-electron chi connectivity index (χ1n) is 9.77. The largest absolute Gasteiger partial charge is 0.334 e. The standard InChI is InChI=1S/C25H22FN3O/c1-28(24(30)16-19-17-27-29(18-19)23-10-6-3-7-11-23)25(20-8-4-2-5-9-20)21-12-14-22(26)15-13-21/h2-15,17-18,25H,16H2,1H3. The number of halogens is 1. The molecule has 0 radical (unpaired) electrons. The number of amides is 1. The van der Waals surface area contributed by atoms with Gasteiger partial charge in [-0.15, -0.1) is 0 Å². The summed E-state index contributed by atoms with van der Waals surface area (Å²) in [7, 11) is 1.78. The van der Waals surface area contributed by atoms with Crippen molar-refractivity contribution in [3.05, 3.63) is 120 Å². The molecule has 0 fully saturated rings. The van der Waals surface area contributed by atoms with Crippen molar-refractivity contribution in [2.75, 3.05) is 7.05 Å². The molecule has 0 saturated heterocycles. The van der Waals surface area contributed by atoms with Crippen molar-refractivity contribution in [1.29, 1.82) is 0 Å². The Morgan fingerprint density at radius 1 is 0.933 bits per heavy atom. The molecular formula is C25H22FN3O. The minimum atomic E-state index is -0.302. The number of rotatable bonds is 6. The lowest BCUT2D eigenvalue weighted by Crippen LogP contribution is -2.33. The number of carbonyl (C=O) groups is 1. The second kappa shape index (κ2) is 8.74. The molecule has 0 bridgehead atoms. The molecule has 1 amide bonds. The predicted molar refractivity (Wildman–Crippen MR) is 115 cm³/mol. The molecule has 0 aliphatic carbocycles. The highest BCUT2D eigenvalue weighted by Crippen LogP contribution is 2.28. The topological polar surface area (TPSA) is 38.1 Å². The van der Waals surface area contributed by atoms with Crippen LogP contribution in [-0.4, -0.2) is 27.6 Å². The molecule has 0 aliphatic rings. The maximum absolute atomic E-state index is 13.5. The van der Waals surface area contributed by atoms with Crippen LogP contribution in [0.1, 0.15) is 22.7 Å². The van der Waals surface area contributed by atoms with Gasteiger partial charge in [-0.1, -0.05) is 60.7 Å². The zero-order valence-electron chi connectivity index (χ0n) is 16.6. The second-order valence-electron chi connectivity index (χ2n) is 7.17. The van der Waals surface area contributed by atoms with Gasteiger partial charge < -0.3 is 4.90 Å². The van der Waals surface area contributed by atoms with Crippen LogP contribution in [0.5, 0.6) is 0 Å². The van der Waals surface area contributed by atoms with Gasteiger partial charge in [0.1, 0.15) is 5.82 Å². The van der Waals surface area contributed by atoms with Crippen molar-refractivity contribution in [3.8, 4) is 5.69 Å². The molecule has 150 valence electrons. The third kappa shape index (κ3) is 4.30. The predicted octanol–water partition coefficient (Wildman–Crippen LogP) is 4.80. The van der Waals surface area contributed by atoms with Gasteiger partial charge in [0.15, 0.2) is 0 Å². The lowest BCUT2D eigenvalue weighted by molar-refractivity contribution is -0.130. The number of carbonyl (C=O) groups excluding carboxylic acids is 1. The number of para-hydroxylation sites is 1. The number of likely N-dealkylation sites (N-methyl/N-ethyl adjacent to an activating group) is 1. The van der Waals surface area contributed by atoms with Crippen molar-refractivity contribution >= 4 is 5.91 Å². The van der Waals surface area contributed by atoms with Crippen LogP contribution in [0.4, 0.5) is 4.39 Å². The van der Waals surface area contributed by atoms with E-state index in [0.717, 1.165) is 22.4 Å². The summed E-state index contributed by atoms with van der Waals surface area (Å²) < 4.78 is 15.2. The highest BCUT2D eigenvalue weighted by molar-refractivity contribution is 5.79. The Kier molecular flexibility index (Phi) is 5.70. The van der Waals surface area contributed by atoms with E-state index in [0.29, 0.717) is 0 Å². The van der Waals surface area contributed by atoms with Crippen LogP contribution < -0.4 is 0 Å². The molecule has 4 nitrogen and oxygen atoms in total. The summed E-state index contributed by atoms with van der Waals surface area (Å²) in [6.07, 6.45) is 3.82. The van der Waals surface area contributed by atoms with Gasteiger partial charge in [-0.25, -0.2) is 9.07 Å². The third-order valence-corrected chi connectivity index (χ3v) is 5.09. The Morgan fingerprint density at radius 3 is 2.20 bits per heavy atom. The van der Waals surface area contributed by atoms with E-state index in [1.165, 1.54) is 12.1 Å². The molecule has 30 heavy (non-hydrogen) atoms. The first-order chi connectivity index (χ1) is 14.6. The van der Waals surface area contributed by atoms with Crippen LogP contribution in [0, 0.1) is 5.82 Å². The van der Waals surface area contributed by atoms with E-state index in [-0.39, 0.29) is 24.2 Å². The van der Waals surface area contributed by atoms with Crippen molar-refractivity contribution < 1.29 is 9.18 Å². The van der Waals surface area contributed by atoms with Crippen LogP contribution in [0.25, 0.3) is 5.69 Å². The smallest absolute Gasteiger partial charge is 0.227 e. The second-order valence-corrected chi connectivity index (χ2v) is 7.17. The quantitative estimate of drug-likeness (QED) is 0.467. The Hall–Kier alpha value is -3.73. The van der Waals surface area contributed by atoms with Crippen molar-refractivity contribution in [2.45, 2.75) is 12.5 Å². The molecule has 3 aromatic carbocycles. The molecule has 1 unspecified atom stereocenters. The van der Waals surface area contributed by atoms with Gasteiger partial charge in [-0.05, 0) is 41.0 Å². The first-order valence-corrected chi connectivity index (χ1v) is 9.77. The average molecular weight is 399 g/mol. The van der Waals surface area contributed by atoms with E-state index >= 15 is 0 Å². The molecule has 0 N–H and O–H groups in total. The summed E-state index contributed by atoms with van der Waals surface area (Å²) in [5.74, 6) is -0.339. The summed E-state index contributed by atoms with van der Waals surface area (Å²) in [5.41, 5.74) is 3.61. The van der Waals surface area contributed by atoms with E-state index in [1.54, 1.807) is 35.0 Å². The maximum atomic E-state index is 13.5. The maximum Gasteiger partial charge on any atom is 0.227 e. The van der Waals surface area contributed by atoms with E-state index in [4.69, 9.17) is 0 Å².